The summed E-state index contributed by atoms with van der Waals surface area (Å²) in [6, 6.07) is 3.02. The highest BCUT2D eigenvalue weighted by Gasteiger charge is 2.17. The van der Waals surface area contributed by atoms with Crippen molar-refractivity contribution in [1.29, 1.82) is 0 Å². The molecule has 5 heteroatoms. The molecule has 100 valence electrons. The third kappa shape index (κ3) is 3.13. The van der Waals surface area contributed by atoms with Gasteiger partial charge in [0, 0.05) is 0 Å². The third-order valence-corrected chi connectivity index (χ3v) is 2.79. The predicted octanol–water partition coefficient (Wildman–Crippen LogP) is 1.06. The molecule has 2 N–H and O–H groups in total. The molecule has 0 spiro atoms. The number of benzene rings is 1. The van der Waals surface area contributed by atoms with Crippen molar-refractivity contribution in [1.82, 2.24) is 0 Å². The number of hydrogen-bond acceptors (Lipinski definition) is 5. The second-order valence-corrected chi connectivity index (χ2v) is 3.97. The van der Waals surface area contributed by atoms with Crippen LogP contribution in [0, 0.1) is 6.92 Å². The lowest BCUT2D eigenvalue weighted by atomic mass is 10.0. The van der Waals surface area contributed by atoms with Crippen LogP contribution >= 0.6 is 0 Å². The van der Waals surface area contributed by atoms with Gasteiger partial charge in [0.1, 0.15) is 6.04 Å². The SMILES string of the molecule is COC(=O)C(N)Cc1cc(OC)c(OC)cc1C. The lowest BCUT2D eigenvalue weighted by molar-refractivity contribution is -0.142. The third-order valence-electron chi connectivity index (χ3n) is 2.79. The van der Waals surface area contributed by atoms with Crippen LogP contribution in [0.1, 0.15) is 11.1 Å². The highest BCUT2D eigenvalue weighted by molar-refractivity contribution is 5.75. The molecule has 1 aromatic carbocycles. The van der Waals surface area contributed by atoms with Crippen LogP contribution in [0.2, 0.25) is 0 Å². The van der Waals surface area contributed by atoms with Gasteiger partial charge in [0.2, 0.25) is 0 Å². The van der Waals surface area contributed by atoms with Crippen LogP contribution in [-0.2, 0) is 16.0 Å². The molecule has 1 aromatic rings. The van der Waals surface area contributed by atoms with E-state index >= 15 is 0 Å². The zero-order valence-corrected chi connectivity index (χ0v) is 11.1. The maximum Gasteiger partial charge on any atom is 0.322 e. The summed E-state index contributed by atoms with van der Waals surface area (Å²) in [5, 5.41) is 0. The lowest BCUT2D eigenvalue weighted by Gasteiger charge is -2.15. The first kappa shape index (κ1) is 14.3. The van der Waals surface area contributed by atoms with Gasteiger partial charge in [0.15, 0.2) is 11.5 Å². The van der Waals surface area contributed by atoms with Crippen LogP contribution in [0.3, 0.4) is 0 Å². The first-order valence-corrected chi connectivity index (χ1v) is 5.58. The molecule has 0 radical (unpaired) electrons. The number of rotatable bonds is 5. The van der Waals surface area contributed by atoms with Crippen LogP contribution in [0.25, 0.3) is 0 Å². The number of aryl methyl sites for hydroxylation is 1. The second-order valence-electron chi connectivity index (χ2n) is 3.97. The van der Waals surface area contributed by atoms with Gasteiger partial charge in [-0.15, -0.1) is 0 Å². The molecule has 0 bridgehead atoms. The van der Waals surface area contributed by atoms with Crippen molar-refractivity contribution in [2.24, 2.45) is 5.73 Å². The molecule has 0 fully saturated rings. The van der Waals surface area contributed by atoms with Crippen LogP contribution in [0.4, 0.5) is 0 Å². The van der Waals surface area contributed by atoms with Crippen molar-refractivity contribution in [3.63, 3.8) is 0 Å². The summed E-state index contributed by atoms with van der Waals surface area (Å²) >= 11 is 0. The van der Waals surface area contributed by atoms with E-state index in [1.807, 2.05) is 19.1 Å². The van der Waals surface area contributed by atoms with Crippen LogP contribution in [0.15, 0.2) is 12.1 Å². The highest BCUT2D eigenvalue weighted by atomic mass is 16.5. The smallest absolute Gasteiger partial charge is 0.322 e. The van der Waals surface area contributed by atoms with Gasteiger partial charge in [0.05, 0.1) is 21.3 Å². The lowest BCUT2D eigenvalue weighted by Crippen LogP contribution is -2.33. The van der Waals surface area contributed by atoms with E-state index in [1.165, 1.54) is 7.11 Å². The number of esters is 1. The Bertz CT molecular complexity index is 431. The molecule has 0 saturated carbocycles. The normalized spacial score (nSPS) is 11.8. The fourth-order valence-electron chi connectivity index (χ4n) is 1.71. The van der Waals surface area contributed by atoms with E-state index in [0.29, 0.717) is 17.9 Å². The fourth-order valence-corrected chi connectivity index (χ4v) is 1.71. The summed E-state index contributed by atoms with van der Waals surface area (Å²) in [5.41, 5.74) is 7.67. The van der Waals surface area contributed by atoms with Gasteiger partial charge in [-0.05, 0) is 36.6 Å². The van der Waals surface area contributed by atoms with E-state index in [-0.39, 0.29) is 0 Å². The molecule has 1 rings (SSSR count). The predicted molar refractivity (Wildman–Crippen MR) is 68.0 cm³/mol. The molecule has 18 heavy (non-hydrogen) atoms. The first-order valence-electron chi connectivity index (χ1n) is 5.58. The van der Waals surface area contributed by atoms with E-state index in [0.717, 1.165) is 11.1 Å². The number of ether oxygens (including phenoxy) is 3. The molecular formula is C13H19NO4. The molecule has 0 aliphatic carbocycles. The largest absolute Gasteiger partial charge is 0.493 e. The summed E-state index contributed by atoms with van der Waals surface area (Å²) in [6.07, 6.45) is 0.402. The van der Waals surface area contributed by atoms with E-state index < -0.39 is 12.0 Å². The summed E-state index contributed by atoms with van der Waals surface area (Å²) in [6.45, 7) is 1.93. The summed E-state index contributed by atoms with van der Waals surface area (Å²) in [7, 11) is 4.47. The monoisotopic (exact) mass is 253 g/mol. The maximum absolute atomic E-state index is 11.3. The summed E-state index contributed by atoms with van der Waals surface area (Å²) < 4.78 is 15.0. The minimum Gasteiger partial charge on any atom is -0.493 e. The number of carbonyl (C=O) groups excluding carboxylic acids is 1. The minimum absolute atomic E-state index is 0.402. The van der Waals surface area contributed by atoms with Gasteiger partial charge in [0.25, 0.3) is 0 Å². The zero-order valence-electron chi connectivity index (χ0n) is 11.1. The highest BCUT2D eigenvalue weighted by Crippen LogP contribution is 2.30. The number of nitrogens with two attached hydrogens (primary N) is 1. The number of methoxy groups -OCH3 is 3. The Hall–Kier alpha value is -1.75. The van der Waals surface area contributed by atoms with Crippen molar-refractivity contribution in [2.45, 2.75) is 19.4 Å². The molecule has 0 heterocycles. The van der Waals surface area contributed by atoms with E-state index in [2.05, 4.69) is 4.74 Å². The molecule has 0 aliphatic rings. The quantitative estimate of drug-likeness (QED) is 0.794. The molecular weight excluding hydrogens is 234 g/mol. The van der Waals surface area contributed by atoms with E-state index in [1.54, 1.807) is 14.2 Å². The van der Waals surface area contributed by atoms with Crippen molar-refractivity contribution < 1.29 is 19.0 Å². The molecule has 0 aromatic heterocycles. The molecule has 1 unspecified atom stereocenters. The summed E-state index contributed by atoms with van der Waals surface area (Å²) in [4.78, 5) is 11.3. The average Bonchev–Trinajstić information content (AvgIpc) is 2.39. The average molecular weight is 253 g/mol. The number of hydrogen-bond donors (Lipinski definition) is 1. The van der Waals surface area contributed by atoms with Crippen molar-refractivity contribution in [3.8, 4) is 11.5 Å². The first-order chi connectivity index (χ1) is 8.53. The maximum atomic E-state index is 11.3. The Balaban J connectivity index is 2.99. The Kier molecular flexibility index (Phi) is 4.97. The van der Waals surface area contributed by atoms with Crippen LogP contribution in [-0.4, -0.2) is 33.3 Å². The fraction of sp³-hybridized carbons (Fsp3) is 0.462. The Morgan fingerprint density at radius 3 is 2.28 bits per heavy atom. The van der Waals surface area contributed by atoms with Crippen molar-refractivity contribution in [3.05, 3.63) is 23.3 Å². The number of carbonyl (C=O) groups is 1. The van der Waals surface area contributed by atoms with Crippen LogP contribution in [0.5, 0.6) is 11.5 Å². The van der Waals surface area contributed by atoms with Crippen molar-refractivity contribution in [2.75, 3.05) is 21.3 Å². The zero-order chi connectivity index (χ0) is 13.7. The topological polar surface area (TPSA) is 70.8 Å². The van der Waals surface area contributed by atoms with E-state index in [9.17, 15) is 4.79 Å². The molecule has 5 nitrogen and oxygen atoms in total. The van der Waals surface area contributed by atoms with Crippen LogP contribution < -0.4 is 15.2 Å². The van der Waals surface area contributed by atoms with Gasteiger partial charge in [-0.3, -0.25) is 4.79 Å². The molecule has 1 atom stereocenters. The van der Waals surface area contributed by atoms with Gasteiger partial charge in [-0.25, -0.2) is 0 Å². The Labute approximate surface area is 107 Å². The Morgan fingerprint density at radius 1 is 1.22 bits per heavy atom. The van der Waals surface area contributed by atoms with E-state index in [4.69, 9.17) is 15.2 Å². The van der Waals surface area contributed by atoms with Gasteiger partial charge >= 0.3 is 5.97 Å². The second kappa shape index (κ2) is 6.26. The van der Waals surface area contributed by atoms with Gasteiger partial charge in [-0.2, -0.15) is 0 Å². The molecule has 0 amide bonds. The Morgan fingerprint density at radius 2 is 1.78 bits per heavy atom. The minimum atomic E-state index is -0.674. The van der Waals surface area contributed by atoms with Gasteiger partial charge in [-0.1, -0.05) is 0 Å². The molecule has 0 aliphatic heterocycles. The summed E-state index contributed by atoms with van der Waals surface area (Å²) in [5.74, 6) is 0.852. The molecule has 0 saturated heterocycles. The van der Waals surface area contributed by atoms with Crippen molar-refractivity contribution >= 4 is 5.97 Å². The standard InChI is InChI=1S/C13H19NO4/c1-8-5-11(16-2)12(17-3)7-9(8)6-10(14)13(15)18-4/h5,7,10H,6,14H2,1-4H3. The van der Waals surface area contributed by atoms with Gasteiger partial charge < -0.3 is 19.9 Å².